The minimum Gasteiger partial charge on any atom is -0.493 e. The van der Waals surface area contributed by atoms with Crippen LogP contribution < -0.4 is 10.5 Å². The monoisotopic (exact) mass is 276 g/mol. The van der Waals surface area contributed by atoms with Gasteiger partial charge in [0.15, 0.2) is 0 Å². The van der Waals surface area contributed by atoms with Gasteiger partial charge in [0.2, 0.25) is 0 Å². The highest BCUT2D eigenvalue weighted by Gasteiger charge is 2.05. The molecule has 4 heteroatoms. The molecule has 2 rings (SSSR count). The minimum atomic E-state index is 0.507. The van der Waals surface area contributed by atoms with Gasteiger partial charge < -0.3 is 10.5 Å². The van der Waals surface area contributed by atoms with E-state index in [1.165, 1.54) is 16.7 Å². The molecule has 0 unspecified atom stereocenters. The molecule has 0 spiro atoms. The maximum Gasteiger partial charge on any atom is 0.122 e. The van der Waals surface area contributed by atoms with E-state index >= 15 is 0 Å². The molecular formula is C15H20N2OS. The summed E-state index contributed by atoms with van der Waals surface area (Å²) in [5.41, 5.74) is 10.2. The first kappa shape index (κ1) is 14.0. The predicted octanol–water partition coefficient (Wildman–Crippen LogP) is 3.15. The Kier molecular flexibility index (Phi) is 4.56. The molecule has 19 heavy (non-hydrogen) atoms. The third-order valence-electron chi connectivity index (χ3n) is 3.15. The van der Waals surface area contributed by atoms with Crippen molar-refractivity contribution in [3.8, 4) is 5.75 Å². The second kappa shape index (κ2) is 6.17. The Bertz CT molecular complexity index is 563. The van der Waals surface area contributed by atoms with E-state index < -0.39 is 0 Å². The number of aromatic nitrogens is 1. The number of hydrogen-bond donors (Lipinski definition) is 1. The molecule has 0 saturated heterocycles. The molecule has 0 amide bonds. The highest BCUT2D eigenvalue weighted by Crippen LogP contribution is 2.23. The van der Waals surface area contributed by atoms with Crippen LogP contribution in [0.4, 0.5) is 0 Å². The van der Waals surface area contributed by atoms with Crippen molar-refractivity contribution < 1.29 is 4.74 Å². The molecule has 0 atom stereocenters. The summed E-state index contributed by atoms with van der Waals surface area (Å²) in [6.45, 7) is 7.46. The summed E-state index contributed by atoms with van der Waals surface area (Å²) in [7, 11) is 0. The summed E-state index contributed by atoms with van der Waals surface area (Å²) in [5, 5.41) is 3.10. The summed E-state index contributed by atoms with van der Waals surface area (Å²) in [6, 6.07) is 4.27. The Morgan fingerprint density at radius 2 is 2.05 bits per heavy atom. The van der Waals surface area contributed by atoms with E-state index in [1.54, 1.807) is 11.3 Å². The number of nitrogens with two attached hydrogens (primary N) is 1. The zero-order valence-electron chi connectivity index (χ0n) is 11.7. The van der Waals surface area contributed by atoms with E-state index in [0.717, 1.165) is 22.9 Å². The van der Waals surface area contributed by atoms with Crippen LogP contribution in [0.5, 0.6) is 5.75 Å². The largest absolute Gasteiger partial charge is 0.493 e. The van der Waals surface area contributed by atoms with Crippen molar-refractivity contribution in [2.75, 3.05) is 6.61 Å². The van der Waals surface area contributed by atoms with Crippen LogP contribution >= 0.6 is 11.3 Å². The van der Waals surface area contributed by atoms with E-state index in [4.69, 9.17) is 10.5 Å². The highest BCUT2D eigenvalue weighted by atomic mass is 32.1. The first-order valence-corrected chi connectivity index (χ1v) is 7.32. The molecule has 1 heterocycles. The molecule has 0 fully saturated rings. The second-order valence-electron chi connectivity index (χ2n) is 4.74. The van der Waals surface area contributed by atoms with Crippen molar-refractivity contribution in [2.24, 2.45) is 5.73 Å². The first-order chi connectivity index (χ1) is 9.10. The number of nitrogens with zero attached hydrogens (tertiary/aromatic N) is 1. The van der Waals surface area contributed by atoms with E-state index in [1.807, 2.05) is 5.38 Å². The Labute approximate surface area is 118 Å². The number of benzene rings is 1. The molecule has 0 aliphatic heterocycles. The van der Waals surface area contributed by atoms with Crippen LogP contribution in [-0.4, -0.2) is 11.6 Å². The van der Waals surface area contributed by atoms with Gasteiger partial charge in [0.1, 0.15) is 5.75 Å². The molecule has 1 aromatic heterocycles. The zero-order chi connectivity index (χ0) is 13.8. The standard InChI is InChI=1S/C15H20N2OS/c1-10-6-11(2)12(3)14(7-10)18-5-4-15-17-13(8-16)9-19-15/h6-7,9H,4-5,8,16H2,1-3H3. The zero-order valence-corrected chi connectivity index (χ0v) is 12.5. The summed E-state index contributed by atoms with van der Waals surface area (Å²) >= 11 is 1.65. The molecule has 1 aromatic carbocycles. The normalized spacial score (nSPS) is 10.7. The number of rotatable bonds is 5. The van der Waals surface area contributed by atoms with E-state index in [-0.39, 0.29) is 0 Å². The quantitative estimate of drug-likeness (QED) is 0.912. The van der Waals surface area contributed by atoms with Gasteiger partial charge in [0.05, 0.1) is 17.3 Å². The fourth-order valence-electron chi connectivity index (χ4n) is 1.96. The van der Waals surface area contributed by atoms with Crippen molar-refractivity contribution in [2.45, 2.75) is 33.7 Å². The Balaban J connectivity index is 1.95. The Morgan fingerprint density at radius 3 is 2.74 bits per heavy atom. The van der Waals surface area contributed by atoms with E-state index in [0.29, 0.717) is 13.2 Å². The van der Waals surface area contributed by atoms with Gasteiger partial charge >= 0.3 is 0 Å². The van der Waals surface area contributed by atoms with Crippen LogP contribution in [0.2, 0.25) is 0 Å². The number of hydrogen-bond acceptors (Lipinski definition) is 4. The Hall–Kier alpha value is -1.39. The fourth-order valence-corrected chi connectivity index (χ4v) is 2.75. The lowest BCUT2D eigenvalue weighted by Gasteiger charge is -2.11. The van der Waals surface area contributed by atoms with Gasteiger partial charge in [0, 0.05) is 18.3 Å². The summed E-state index contributed by atoms with van der Waals surface area (Å²) in [5.74, 6) is 0.980. The lowest BCUT2D eigenvalue weighted by molar-refractivity contribution is 0.319. The van der Waals surface area contributed by atoms with Crippen LogP contribution in [-0.2, 0) is 13.0 Å². The van der Waals surface area contributed by atoms with Crippen molar-refractivity contribution in [1.29, 1.82) is 0 Å². The molecule has 2 N–H and O–H groups in total. The molecule has 2 aromatic rings. The summed E-state index contributed by atoms with van der Waals surface area (Å²) in [4.78, 5) is 4.43. The summed E-state index contributed by atoms with van der Waals surface area (Å²) < 4.78 is 5.88. The van der Waals surface area contributed by atoms with E-state index in [9.17, 15) is 0 Å². The maximum absolute atomic E-state index is 5.88. The first-order valence-electron chi connectivity index (χ1n) is 6.44. The number of ether oxygens (including phenoxy) is 1. The number of thiazole rings is 1. The average molecular weight is 276 g/mol. The van der Waals surface area contributed by atoms with Crippen molar-refractivity contribution in [3.05, 3.63) is 44.9 Å². The minimum absolute atomic E-state index is 0.507. The van der Waals surface area contributed by atoms with Gasteiger partial charge in [-0.15, -0.1) is 11.3 Å². The van der Waals surface area contributed by atoms with Gasteiger partial charge in [-0.1, -0.05) is 6.07 Å². The third-order valence-corrected chi connectivity index (χ3v) is 4.10. The molecule has 0 saturated carbocycles. The molecule has 0 aliphatic rings. The molecule has 3 nitrogen and oxygen atoms in total. The lowest BCUT2D eigenvalue weighted by atomic mass is 10.1. The molecular weight excluding hydrogens is 256 g/mol. The second-order valence-corrected chi connectivity index (χ2v) is 5.68. The maximum atomic E-state index is 5.88. The van der Waals surface area contributed by atoms with Gasteiger partial charge in [-0.2, -0.15) is 0 Å². The lowest BCUT2D eigenvalue weighted by Crippen LogP contribution is -2.04. The van der Waals surface area contributed by atoms with Crippen LogP contribution in [0.25, 0.3) is 0 Å². The van der Waals surface area contributed by atoms with Crippen LogP contribution in [0.3, 0.4) is 0 Å². The third kappa shape index (κ3) is 3.55. The van der Waals surface area contributed by atoms with Crippen molar-refractivity contribution in [1.82, 2.24) is 4.98 Å². The smallest absolute Gasteiger partial charge is 0.122 e. The predicted molar refractivity (Wildman–Crippen MR) is 79.9 cm³/mol. The summed E-state index contributed by atoms with van der Waals surface area (Å²) in [6.07, 6.45) is 0.830. The van der Waals surface area contributed by atoms with Crippen LogP contribution in [0.15, 0.2) is 17.5 Å². The van der Waals surface area contributed by atoms with Crippen molar-refractivity contribution >= 4 is 11.3 Å². The molecule has 0 radical (unpaired) electrons. The molecule has 102 valence electrons. The number of aryl methyl sites for hydroxylation is 2. The van der Waals surface area contributed by atoms with Gasteiger partial charge in [-0.05, 0) is 43.5 Å². The topological polar surface area (TPSA) is 48.1 Å². The Morgan fingerprint density at radius 1 is 1.26 bits per heavy atom. The molecule has 0 bridgehead atoms. The van der Waals surface area contributed by atoms with Gasteiger partial charge in [-0.3, -0.25) is 0 Å². The fraction of sp³-hybridized carbons (Fsp3) is 0.400. The van der Waals surface area contributed by atoms with Crippen LogP contribution in [0.1, 0.15) is 27.4 Å². The van der Waals surface area contributed by atoms with Crippen molar-refractivity contribution in [3.63, 3.8) is 0 Å². The highest BCUT2D eigenvalue weighted by molar-refractivity contribution is 7.09. The van der Waals surface area contributed by atoms with Gasteiger partial charge in [-0.25, -0.2) is 4.98 Å². The van der Waals surface area contributed by atoms with Gasteiger partial charge in [0.25, 0.3) is 0 Å². The molecule has 0 aliphatic carbocycles. The van der Waals surface area contributed by atoms with Crippen LogP contribution in [0, 0.1) is 20.8 Å². The van der Waals surface area contributed by atoms with E-state index in [2.05, 4.69) is 37.9 Å². The SMILES string of the molecule is Cc1cc(C)c(C)c(OCCc2nc(CN)cs2)c1. The average Bonchev–Trinajstić information content (AvgIpc) is 2.83.